The van der Waals surface area contributed by atoms with Crippen LogP contribution >= 0.6 is 0 Å². The van der Waals surface area contributed by atoms with E-state index in [0.717, 1.165) is 12.5 Å². The molecule has 1 aliphatic rings. The molecule has 0 heterocycles. The van der Waals surface area contributed by atoms with Gasteiger partial charge in [-0.15, -0.1) is 0 Å². The van der Waals surface area contributed by atoms with Gasteiger partial charge in [0.25, 0.3) is 0 Å². The van der Waals surface area contributed by atoms with Gasteiger partial charge < -0.3 is 10.8 Å². The predicted molar refractivity (Wildman–Crippen MR) is 49.9 cm³/mol. The fourth-order valence-corrected chi connectivity index (χ4v) is 1.55. The maximum atomic E-state index is 9.08. The molecule has 12 heavy (non-hydrogen) atoms. The molecular weight excluding hydrogens is 152 g/mol. The lowest BCUT2D eigenvalue weighted by molar-refractivity contribution is 0.127. The van der Waals surface area contributed by atoms with Gasteiger partial charge in [-0.1, -0.05) is 0 Å². The predicted octanol–water partition coefficient (Wildman–Crippen LogP) is 0.0363. The van der Waals surface area contributed by atoms with Crippen LogP contribution < -0.4 is 5.73 Å². The zero-order chi connectivity index (χ0) is 9.14. The topological polar surface area (TPSA) is 49.5 Å². The molecule has 3 nitrogen and oxygen atoms in total. The lowest BCUT2D eigenvalue weighted by Crippen LogP contribution is -2.47. The Morgan fingerprint density at radius 1 is 1.58 bits per heavy atom. The summed E-state index contributed by atoms with van der Waals surface area (Å²) >= 11 is 0. The molecule has 0 bridgehead atoms. The zero-order valence-corrected chi connectivity index (χ0v) is 8.03. The molecule has 3 heteroatoms. The minimum atomic E-state index is 0.0544. The van der Waals surface area contributed by atoms with Crippen LogP contribution in [0.5, 0.6) is 0 Å². The Morgan fingerprint density at radius 3 is 2.50 bits per heavy atom. The summed E-state index contributed by atoms with van der Waals surface area (Å²) in [6.07, 6.45) is 2.70. The first-order valence-corrected chi connectivity index (χ1v) is 4.71. The molecule has 0 spiro atoms. The molecule has 0 saturated heterocycles. The number of aliphatic hydroxyl groups is 1. The monoisotopic (exact) mass is 172 g/mol. The molecule has 0 aliphatic heterocycles. The first kappa shape index (κ1) is 9.96. The second-order valence-electron chi connectivity index (χ2n) is 3.99. The van der Waals surface area contributed by atoms with Gasteiger partial charge in [-0.25, -0.2) is 0 Å². The van der Waals surface area contributed by atoms with Crippen molar-refractivity contribution in [1.82, 2.24) is 4.90 Å². The third-order valence-corrected chi connectivity index (χ3v) is 2.60. The van der Waals surface area contributed by atoms with E-state index < -0.39 is 0 Å². The van der Waals surface area contributed by atoms with Crippen molar-refractivity contribution in [3.8, 4) is 0 Å². The summed E-state index contributed by atoms with van der Waals surface area (Å²) in [6, 6.07) is 0.185. The SMILES string of the molecule is CC(N)C(CO)N(C)CC1CC1. The molecule has 1 fully saturated rings. The maximum Gasteiger partial charge on any atom is 0.0601 e. The van der Waals surface area contributed by atoms with Gasteiger partial charge in [0.1, 0.15) is 0 Å². The molecule has 2 unspecified atom stereocenters. The van der Waals surface area contributed by atoms with Crippen LogP contribution in [0.3, 0.4) is 0 Å². The third-order valence-electron chi connectivity index (χ3n) is 2.60. The van der Waals surface area contributed by atoms with Gasteiger partial charge in [-0.2, -0.15) is 0 Å². The standard InChI is InChI=1S/C9H20N2O/c1-7(10)9(6-12)11(2)5-8-3-4-8/h7-9,12H,3-6,10H2,1-2H3. The Kier molecular flexibility index (Phi) is 3.50. The van der Waals surface area contributed by atoms with Gasteiger partial charge in [0.2, 0.25) is 0 Å². The molecular formula is C9H20N2O. The van der Waals surface area contributed by atoms with E-state index in [9.17, 15) is 0 Å². The van der Waals surface area contributed by atoms with Crippen LogP contribution in [0.2, 0.25) is 0 Å². The van der Waals surface area contributed by atoms with Gasteiger partial charge in [0.15, 0.2) is 0 Å². The number of rotatable bonds is 5. The number of nitrogens with two attached hydrogens (primary N) is 1. The Balaban J connectivity index is 2.29. The average molecular weight is 172 g/mol. The van der Waals surface area contributed by atoms with Gasteiger partial charge in [0, 0.05) is 18.6 Å². The molecule has 2 atom stereocenters. The number of likely N-dealkylation sites (N-methyl/N-ethyl adjacent to an activating group) is 1. The van der Waals surface area contributed by atoms with Crippen LogP contribution in [-0.4, -0.2) is 42.3 Å². The van der Waals surface area contributed by atoms with E-state index in [1.165, 1.54) is 12.8 Å². The van der Waals surface area contributed by atoms with Crippen molar-refractivity contribution < 1.29 is 5.11 Å². The largest absolute Gasteiger partial charge is 0.395 e. The molecule has 0 aromatic carbocycles. The van der Waals surface area contributed by atoms with E-state index in [0.29, 0.717) is 0 Å². The van der Waals surface area contributed by atoms with Crippen LogP contribution in [0.25, 0.3) is 0 Å². The highest BCUT2D eigenvalue weighted by molar-refractivity contribution is 4.82. The lowest BCUT2D eigenvalue weighted by Gasteiger charge is -2.29. The first-order chi connectivity index (χ1) is 5.65. The summed E-state index contributed by atoms with van der Waals surface area (Å²) in [7, 11) is 2.04. The summed E-state index contributed by atoms with van der Waals surface area (Å²) in [5.41, 5.74) is 5.74. The second kappa shape index (κ2) is 4.21. The highest BCUT2D eigenvalue weighted by Gasteiger charge is 2.26. The highest BCUT2D eigenvalue weighted by atomic mass is 16.3. The molecule has 0 aromatic heterocycles. The highest BCUT2D eigenvalue weighted by Crippen LogP contribution is 2.29. The van der Waals surface area contributed by atoms with Gasteiger partial charge >= 0.3 is 0 Å². The van der Waals surface area contributed by atoms with Crippen LogP contribution in [0.1, 0.15) is 19.8 Å². The normalized spacial score (nSPS) is 22.8. The van der Waals surface area contributed by atoms with Gasteiger partial charge in [-0.05, 0) is 32.7 Å². The van der Waals surface area contributed by atoms with Gasteiger partial charge in [0.05, 0.1) is 6.61 Å². The fraction of sp³-hybridized carbons (Fsp3) is 1.00. The van der Waals surface area contributed by atoms with E-state index in [-0.39, 0.29) is 18.7 Å². The Hall–Kier alpha value is -0.120. The number of hydrogen-bond donors (Lipinski definition) is 2. The zero-order valence-electron chi connectivity index (χ0n) is 8.03. The van der Waals surface area contributed by atoms with E-state index in [1.54, 1.807) is 0 Å². The number of aliphatic hydroxyl groups excluding tert-OH is 1. The van der Waals surface area contributed by atoms with Crippen molar-refractivity contribution in [3.05, 3.63) is 0 Å². The van der Waals surface area contributed by atoms with Crippen molar-refractivity contribution in [1.29, 1.82) is 0 Å². The van der Waals surface area contributed by atoms with Crippen molar-refractivity contribution >= 4 is 0 Å². The summed E-state index contributed by atoms with van der Waals surface area (Å²) in [6.45, 7) is 3.21. The third kappa shape index (κ3) is 2.73. The Bertz CT molecular complexity index is 134. The molecule has 1 saturated carbocycles. The Morgan fingerprint density at radius 2 is 2.17 bits per heavy atom. The van der Waals surface area contributed by atoms with Crippen molar-refractivity contribution in [2.45, 2.75) is 31.8 Å². The quantitative estimate of drug-likeness (QED) is 0.615. The Labute approximate surface area is 74.5 Å². The van der Waals surface area contributed by atoms with E-state index in [4.69, 9.17) is 10.8 Å². The van der Waals surface area contributed by atoms with Crippen LogP contribution in [0.4, 0.5) is 0 Å². The molecule has 0 radical (unpaired) electrons. The smallest absolute Gasteiger partial charge is 0.0601 e. The minimum absolute atomic E-state index is 0.0544. The molecule has 0 aromatic rings. The lowest BCUT2D eigenvalue weighted by atomic mass is 10.1. The summed E-state index contributed by atoms with van der Waals surface area (Å²) in [5.74, 6) is 0.864. The van der Waals surface area contributed by atoms with E-state index >= 15 is 0 Å². The van der Waals surface area contributed by atoms with Gasteiger partial charge in [-0.3, -0.25) is 4.90 Å². The van der Waals surface area contributed by atoms with Crippen LogP contribution in [-0.2, 0) is 0 Å². The maximum absolute atomic E-state index is 9.08. The summed E-state index contributed by atoms with van der Waals surface area (Å²) < 4.78 is 0. The van der Waals surface area contributed by atoms with Crippen molar-refractivity contribution in [3.63, 3.8) is 0 Å². The average Bonchev–Trinajstić information content (AvgIpc) is 2.71. The molecule has 0 amide bonds. The molecule has 3 N–H and O–H groups in total. The van der Waals surface area contributed by atoms with E-state index in [1.807, 2.05) is 14.0 Å². The molecule has 72 valence electrons. The van der Waals surface area contributed by atoms with Crippen molar-refractivity contribution in [2.75, 3.05) is 20.2 Å². The molecule has 1 rings (SSSR count). The second-order valence-corrected chi connectivity index (χ2v) is 3.99. The van der Waals surface area contributed by atoms with E-state index in [2.05, 4.69) is 4.90 Å². The first-order valence-electron chi connectivity index (χ1n) is 4.71. The summed E-state index contributed by atoms with van der Waals surface area (Å²) in [4.78, 5) is 2.18. The molecule has 1 aliphatic carbocycles. The number of nitrogens with zero attached hydrogens (tertiary/aromatic N) is 1. The summed E-state index contributed by atoms with van der Waals surface area (Å²) in [5, 5.41) is 9.08. The number of hydrogen-bond acceptors (Lipinski definition) is 3. The fourth-order valence-electron chi connectivity index (χ4n) is 1.55. The minimum Gasteiger partial charge on any atom is -0.395 e. The van der Waals surface area contributed by atoms with Crippen LogP contribution in [0, 0.1) is 5.92 Å². The van der Waals surface area contributed by atoms with Crippen LogP contribution in [0.15, 0.2) is 0 Å². The van der Waals surface area contributed by atoms with Crippen molar-refractivity contribution in [2.24, 2.45) is 11.7 Å².